The zero-order valence-corrected chi connectivity index (χ0v) is 21.4. The van der Waals surface area contributed by atoms with Gasteiger partial charge in [0.15, 0.2) is 0 Å². The molecule has 10 nitrogen and oxygen atoms in total. The second-order valence-corrected chi connectivity index (χ2v) is 10.5. The minimum atomic E-state index is -0.933. The van der Waals surface area contributed by atoms with Crippen LogP contribution in [0.5, 0.6) is 0 Å². The number of nitrogens with one attached hydrogen (secondary N) is 3. The minimum absolute atomic E-state index is 0.0145. The zero-order chi connectivity index (χ0) is 27.1. The topological polar surface area (TPSA) is 127 Å². The molecule has 2 aliphatic carbocycles. The summed E-state index contributed by atoms with van der Waals surface area (Å²) in [5.41, 5.74) is -0.429. The van der Waals surface area contributed by atoms with Crippen molar-refractivity contribution in [3.63, 3.8) is 0 Å². The fraction of sp³-hybridized carbons (Fsp3) is 0.500. The van der Waals surface area contributed by atoms with E-state index in [4.69, 9.17) is 0 Å². The molecule has 0 aromatic carbocycles. The number of aromatic amines is 1. The van der Waals surface area contributed by atoms with Crippen molar-refractivity contribution >= 4 is 17.5 Å². The molecule has 2 unspecified atom stereocenters. The molecule has 3 aromatic heterocycles. The summed E-state index contributed by atoms with van der Waals surface area (Å²) in [5, 5.41) is 13.7. The molecule has 0 radical (unpaired) electrons. The van der Waals surface area contributed by atoms with Crippen molar-refractivity contribution in [2.24, 2.45) is 17.8 Å². The number of carbonyl (C=O) groups is 2. The Bertz CT molecular complexity index is 1390. The Morgan fingerprint density at radius 3 is 2.39 bits per heavy atom. The van der Waals surface area contributed by atoms with E-state index in [0.29, 0.717) is 17.5 Å². The number of carbonyl (C=O) groups excluding carboxylic acids is 2. The van der Waals surface area contributed by atoms with Crippen molar-refractivity contribution in [2.75, 3.05) is 5.32 Å². The molecule has 3 N–H and O–H groups in total. The summed E-state index contributed by atoms with van der Waals surface area (Å²) < 4.78 is 31.6. The second-order valence-electron chi connectivity index (χ2n) is 10.5. The molecule has 2 aliphatic rings. The van der Waals surface area contributed by atoms with E-state index in [1.54, 1.807) is 10.7 Å². The molecule has 12 heteroatoms. The number of hydrogen-bond donors (Lipinski definition) is 3. The lowest BCUT2D eigenvalue weighted by molar-refractivity contribution is -0.119. The highest BCUT2D eigenvalue weighted by molar-refractivity contribution is 6.00. The molecule has 38 heavy (non-hydrogen) atoms. The number of halogens is 2. The third-order valence-corrected chi connectivity index (χ3v) is 7.38. The van der Waals surface area contributed by atoms with Crippen molar-refractivity contribution in [1.29, 1.82) is 0 Å². The molecule has 0 saturated heterocycles. The van der Waals surface area contributed by atoms with Crippen molar-refractivity contribution in [3.05, 3.63) is 64.1 Å². The zero-order valence-electron chi connectivity index (χ0n) is 21.4. The van der Waals surface area contributed by atoms with E-state index in [2.05, 4.69) is 25.8 Å². The van der Waals surface area contributed by atoms with Gasteiger partial charge in [0.1, 0.15) is 23.2 Å². The monoisotopic (exact) mass is 527 g/mol. The first-order valence-electron chi connectivity index (χ1n) is 12.9. The molecule has 0 spiro atoms. The normalized spacial score (nSPS) is 17.0. The Morgan fingerprint density at radius 1 is 1.08 bits per heavy atom. The predicted octanol–water partition coefficient (Wildman–Crippen LogP) is 3.41. The highest BCUT2D eigenvalue weighted by Crippen LogP contribution is 2.51. The number of anilines is 1. The lowest BCUT2D eigenvalue weighted by atomic mass is 9.88. The molecule has 5 rings (SSSR count). The maximum absolute atomic E-state index is 15.4. The first-order chi connectivity index (χ1) is 18.2. The van der Waals surface area contributed by atoms with Gasteiger partial charge in [0.25, 0.3) is 11.5 Å². The smallest absolute Gasteiger partial charge is 0.270 e. The van der Waals surface area contributed by atoms with Gasteiger partial charge < -0.3 is 15.6 Å². The van der Waals surface area contributed by atoms with Crippen LogP contribution in [0.3, 0.4) is 0 Å². The number of amides is 2. The standard InChI is InChI=1S/C26H31F2N7O3/c1-13(2)34-20(8-9-30-34)25(37)33-22(21(15-4-5-15)16-6-7-16)26(38)32-19-12-31-35(23(19)28)14(3)18-10-17(27)11-29-24(18)36/h8-16,21-22H,4-7H2,1-3H3,(H,29,36)(H,32,38)(H,33,37). The van der Waals surface area contributed by atoms with E-state index in [1.165, 1.54) is 13.1 Å². The molecule has 202 valence electrons. The Hall–Kier alpha value is -3.83. The van der Waals surface area contributed by atoms with Gasteiger partial charge in [0, 0.05) is 24.0 Å². The Morgan fingerprint density at radius 2 is 1.76 bits per heavy atom. The maximum atomic E-state index is 15.4. The summed E-state index contributed by atoms with van der Waals surface area (Å²) in [6.07, 6.45) is 7.54. The number of nitrogens with zero attached hydrogens (tertiary/aromatic N) is 4. The van der Waals surface area contributed by atoms with Gasteiger partial charge in [0.2, 0.25) is 11.9 Å². The minimum Gasteiger partial charge on any atom is -0.339 e. The molecule has 3 heterocycles. The summed E-state index contributed by atoms with van der Waals surface area (Å²) in [6, 6.07) is 0.772. The van der Waals surface area contributed by atoms with Crippen LogP contribution in [0.1, 0.15) is 74.6 Å². The van der Waals surface area contributed by atoms with E-state index in [0.717, 1.165) is 48.8 Å². The van der Waals surface area contributed by atoms with Gasteiger partial charge in [-0.25, -0.2) is 9.07 Å². The first-order valence-corrected chi connectivity index (χ1v) is 12.9. The summed E-state index contributed by atoms with van der Waals surface area (Å²) >= 11 is 0. The van der Waals surface area contributed by atoms with Gasteiger partial charge in [-0.2, -0.15) is 14.6 Å². The van der Waals surface area contributed by atoms with Crippen LogP contribution in [0.15, 0.2) is 35.5 Å². The van der Waals surface area contributed by atoms with Crippen molar-refractivity contribution in [2.45, 2.75) is 64.6 Å². The van der Waals surface area contributed by atoms with Crippen molar-refractivity contribution < 1.29 is 18.4 Å². The first kappa shape index (κ1) is 25.8. The average molecular weight is 528 g/mol. The van der Waals surface area contributed by atoms with Gasteiger partial charge in [-0.3, -0.25) is 19.1 Å². The Labute approximate surface area is 217 Å². The summed E-state index contributed by atoms with van der Waals surface area (Å²) in [7, 11) is 0. The van der Waals surface area contributed by atoms with E-state index < -0.39 is 41.2 Å². The molecule has 2 amide bonds. The van der Waals surface area contributed by atoms with Gasteiger partial charge >= 0.3 is 0 Å². The van der Waals surface area contributed by atoms with Crippen LogP contribution in [0.4, 0.5) is 14.5 Å². The number of hydrogen-bond acceptors (Lipinski definition) is 5. The fourth-order valence-electron chi connectivity index (χ4n) is 5.18. The van der Waals surface area contributed by atoms with Gasteiger partial charge in [0.05, 0.1) is 12.2 Å². The van der Waals surface area contributed by atoms with Crippen molar-refractivity contribution in [3.8, 4) is 0 Å². The van der Waals surface area contributed by atoms with Gasteiger partial charge in [-0.15, -0.1) is 0 Å². The van der Waals surface area contributed by atoms with Crippen molar-refractivity contribution in [1.82, 2.24) is 29.9 Å². The number of aromatic nitrogens is 5. The molecule has 0 aliphatic heterocycles. The van der Waals surface area contributed by atoms with Crippen LogP contribution < -0.4 is 16.2 Å². The van der Waals surface area contributed by atoms with Crippen LogP contribution in [-0.2, 0) is 4.79 Å². The molecule has 0 bridgehead atoms. The molecule has 2 atom stereocenters. The van der Waals surface area contributed by atoms with Crippen LogP contribution >= 0.6 is 0 Å². The van der Waals surface area contributed by atoms with Gasteiger partial charge in [-0.05, 0) is 76.3 Å². The van der Waals surface area contributed by atoms with Crippen LogP contribution in [0.25, 0.3) is 0 Å². The Balaban J connectivity index is 1.39. The van der Waals surface area contributed by atoms with Gasteiger partial charge in [-0.1, -0.05) is 0 Å². The lowest BCUT2D eigenvalue weighted by Gasteiger charge is -2.27. The van der Waals surface area contributed by atoms with E-state index >= 15 is 4.39 Å². The Kier molecular flexibility index (Phi) is 6.89. The molecule has 3 aromatic rings. The number of H-pyrrole nitrogens is 1. The predicted molar refractivity (Wildman–Crippen MR) is 134 cm³/mol. The summed E-state index contributed by atoms with van der Waals surface area (Å²) in [4.78, 5) is 41.3. The van der Waals surface area contributed by atoms with E-state index in [-0.39, 0.29) is 23.2 Å². The third-order valence-electron chi connectivity index (χ3n) is 7.38. The maximum Gasteiger partial charge on any atom is 0.270 e. The summed E-state index contributed by atoms with van der Waals surface area (Å²) in [6.45, 7) is 5.32. The SMILES string of the molecule is CC(C)n1nccc1C(=O)NC(C(=O)Nc1cnn(C(C)c2cc(F)c[nH]c2=O)c1F)C(C1CC1)C1CC1. The summed E-state index contributed by atoms with van der Waals surface area (Å²) in [5.74, 6) is -1.92. The third kappa shape index (κ3) is 5.11. The molecular formula is C26H31F2N7O3. The lowest BCUT2D eigenvalue weighted by Crippen LogP contribution is -2.50. The van der Waals surface area contributed by atoms with Crippen LogP contribution in [0.2, 0.25) is 0 Å². The molecule has 2 fully saturated rings. The van der Waals surface area contributed by atoms with Crippen LogP contribution in [0, 0.1) is 29.5 Å². The molecule has 2 saturated carbocycles. The fourth-order valence-corrected chi connectivity index (χ4v) is 5.18. The molecular weight excluding hydrogens is 496 g/mol. The second kappa shape index (κ2) is 10.1. The van der Waals surface area contributed by atoms with Crippen LogP contribution in [-0.4, -0.2) is 42.4 Å². The van der Waals surface area contributed by atoms with E-state index in [1.807, 2.05) is 13.8 Å². The largest absolute Gasteiger partial charge is 0.339 e. The highest BCUT2D eigenvalue weighted by atomic mass is 19.1. The van der Waals surface area contributed by atoms with E-state index in [9.17, 15) is 18.8 Å². The number of pyridine rings is 1. The number of rotatable bonds is 10. The quantitative estimate of drug-likeness (QED) is 0.373. The highest BCUT2D eigenvalue weighted by Gasteiger charge is 2.48. The average Bonchev–Trinajstić information content (AvgIpc) is 3.81.